The number of likely N-dealkylation sites (tertiary alicyclic amines) is 1. The standard InChI is InChI=1S/C17H13F3IN3O3/c1-7-2-9(21)4-22-15(7)23-14-10(3-11(18)12(19)13(14)20)16(25)24-5-8(6-24)17(26)27/h2-4,8H,5-6H2,1H3,(H,22,23)(H,26,27). The number of hydrogen-bond donors (Lipinski definition) is 2. The Labute approximate surface area is 165 Å². The van der Waals surface area contributed by atoms with Gasteiger partial charge in [0.2, 0.25) is 0 Å². The molecule has 10 heteroatoms. The van der Waals surface area contributed by atoms with E-state index in [1.807, 2.05) is 22.6 Å². The first-order valence-corrected chi connectivity index (χ1v) is 8.85. The number of carbonyl (C=O) groups excluding carboxylic acids is 1. The summed E-state index contributed by atoms with van der Waals surface area (Å²) in [5, 5.41) is 11.5. The topological polar surface area (TPSA) is 82.5 Å². The van der Waals surface area contributed by atoms with E-state index in [0.29, 0.717) is 11.6 Å². The Morgan fingerprint density at radius 1 is 1.26 bits per heavy atom. The van der Waals surface area contributed by atoms with Gasteiger partial charge in [-0.15, -0.1) is 0 Å². The molecule has 142 valence electrons. The summed E-state index contributed by atoms with van der Waals surface area (Å²) >= 11 is 2.03. The number of aromatic nitrogens is 1. The lowest BCUT2D eigenvalue weighted by molar-refractivity contribution is -0.146. The first-order chi connectivity index (χ1) is 12.7. The molecule has 0 spiro atoms. The van der Waals surface area contributed by atoms with Crippen molar-refractivity contribution in [1.82, 2.24) is 9.88 Å². The fourth-order valence-corrected chi connectivity index (χ4v) is 3.25. The molecule has 2 aromatic rings. The van der Waals surface area contributed by atoms with Crippen molar-refractivity contribution in [3.05, 3.63) is 50.5 Å². The maximum absolute atomic E-state index is 14.4. The summed E-state index contributed by atoms with van der Waals surface area (Å²) in [7, 11) is 0. The van der Waals surface area contributed by atoms with E-state index in [-0.39, 0.29) is 18.9 Å². The van der Waals surface area contributed by atoms with Crippen molar-refractivity contribution in [2.45, 2.75) is 6.92 Å². The van der Waals surface area contributed by atoms with Gasteiger partial charge in [-0.2, -0.15) is 0 Å². The Balaban J connectivity index is 1.98. The number of nitrogens with zero attached hydrogens (tertiary/aromatic N) is 2. The summed E-state index contributed by atoms with van der Waals surface area (Å²) in [6.07, 6.45) is 1.49. The predicted molar refractivity (Wildman–Crippen MR) is 98.3 cm³/mol. The van der Waals surface area contributed by atoms with Gasteiger partial charge in [0.05, 0.1) is 17.2 Å². The number of aryl methyl sites for hydroxylation is 1. The highest BCUT2D eigenvalue weighted by Crippen LogP contribution is 2.31. The fraction of sp³-hybridized carbons (Fsp3) is 0.235. The zero-order valence-electron chi connectivity index (χ0n) is 13.9. The molecule has 6 nitrogen and oxygen atoms in total. The summed E-state index contributed by atoms with van der Waals surface area (Å²) < 4.78 is 42.7. The van der Waals surface area contributed by atoms with Gasteiger partial charge in [-0.3, -0.25) is 9.59 Å². The van der Waals surface area contributed by atoms with E-state index in [1.165, 1.54) is 6.20 Å². The molecule has 3 rings (SSSR count). The number of carboxylic acids is 1. The van der Waals surface area contributed by atoms with Crippen molar-refractivity contribution in [2.75, 3.05) is 18.4 Å². The normalized spacial score (nSPS) is 14.0. The zero-order valence-corrected chi connectivity index (χ0v) is 16.1. The SMILES string of the molecule is Cc1cc(I)cnc1Nc1c(C(=O)N2CC(C(=O)O)C2)cc(F)c(F)c1F. The molecule has 1 fully saturated rings. The van der Waals surface area contributed by atoms with E-state index >= 15 is 0 Å². The second-order valence-electron chi connectivity index (χ2n) is 6.10. The summed E-state index contributed by atoms with van der Waals surface area (Å²) in [4.78, 5) is 28.7. The van der Waals surface area contributed by atoms with Crippen molar-refractivity contribution >= 4 is 46.0 Å². The molecule has 0 aliphatic carbocycles. The fourth-order valence-electron chi connectivity index (χ4n) is 2.65. The average Bonchev–Trinajstić information content (AvgIpc) is 2.55. The lowest BCUT2D eigenvalue weighted by Crippen LogP contribution is -2.53. The number of nitrogens with one attached hydrogen (secondary N) is 1. The van der Waals surface area contributed by atoms with Crippen molar-refractivity contribution in [1.29, 1.82) is 0 Å². The van der Waals surface area contributed by atoms with E-state index < -0.39 is 46.5 Å². The molecular formula is C17H13F3IN3O3. The van der Waals surface area contributed by atoms with Crippen LogP contribution in [-0.2, 0) is 4.79 Å². The first kappa shape index (κ1) is 19.4. The molecule has 0 radical (unpaired) electrons. The van der Waals surface area contributed by atoms with E-state index in [1.54, 1.807) is 13.0 Å². The molecule has 1 aliphatic heterocycles. The van der Waals surface area contributed by atoms with Gasteiger partial charge in [0.1, 0.15) is 5.82 Å². The molecule has 1 aliphatic rings. The van der Waals surface area contributed by atoms with Gasteiger partial charge in [-0.1, -0.05) is 0 Å². The average molecular weight is 491 g/mol. The monoisotopic (exact) mass is 491 g/mol. The number of halogens is 4. The number of carboxylic acid groups (broad SMARTS) is 1. The second kappa shape index (κ2) is 7.33. The van der Waals surface area contributed by atoms with Crippen LogP contribution in [0.25, 0.3) is 0 Å². The quantitative estimate of drug-likeness (QED) is 0.507. The molecule has 1 saturated heterocycles. The zero-order chi connectivity index (χ0) is 19.9. The third-order valence-electron chi connectivity index (χ3n) is 4.20. The molecule has 0 saturated carbocycles. The van der Waals surface area contributed by atoms with Gasteiger partial charge < -0.3 is 15.3 Å². The predicted octanol–water partition coefficient (Wildman–Crippen LogP) is 3.31. The van der Waals surface area contributed by atoms with E-state index in [0.717, 1.165) is 8.47 Å². The third kappa shape index (κ3) is 3.70. The van der Waals surface area contributed by atoms with Crippen LogP contribution in [0.3, 0.4) is 0 Å². The molecule has 0 atom stereocenters. The van der Waals surface area contributed by atoms with E-state index in [4.69, 9.17) is 5.11 Å². The van der Waals surface area contributed by atoms with Gasteiger partial charge in [0, 0.05) is 22.9 Å². The van der Waals surface area contributed by atoms with Crippen molar-refractivity contribution in [3.8, 4) is 0 Å². The van der Waals surface area contributed by atoms with Crippen molar-refractivity contribution in [2.24, 2.45) is 5.92 Å². The Morgan fingerprint density at radius 2 is 1.93 bits per heavy atom. The number of benzene rings is 1. The van der Waals surface area contributed by atoms with Gasteiger partial charge in [0.15, 0.2) is 17.5 Å². The minimum atomic E-state index is -1.72. The number of hydrogen-bond acceptors (Lipinski definition) is 4. The highest BCUT2D eigenvalue weighted by molar-refractivity contribution is 14.1. The lowest BCUT2D eigenvalue weighted by Gasteiger charge is -2.37. The lowest BCUT2D eigenvalue weighted by atomic mass is 9.98. The Bertz CT molecular complexity index is 949. The van der Waals surface area contributed by atoms with Gasteiger partial charge in [-0.25, -0.2) is 18.2 Å². The highest BCUT2D eigenvalue weighted by atomic mass is 127. The number of pyridine rings is 1. The van der Waals surface area contributed by atoms with Crippen LogP contribution in [0.15, 0.2) is 18.3 Å². The number of aliphatic carboxylic acids is 1. The Morgan fingerprint density at radius 3 is 2.52 bits per heavy atom. The van der Waals surface area contributed by atoms with E-state index in [2.05, 4.69) is 10.3 Å². The Kier molecular flexibility index (Phi) is 5.27. The minimum Gasteiger partial charge on any atom is -0.481 e. The maximum atomic E-state index is 14.4. The summed E-state index contributed by atoms with van der Waals surface area (Å²) in [5.41, 5.74) is -0.371. The molecule has 0 bridgehead atoms. The molecule has 2 heterocycles. The van der Waals surface area contributed by atoms with E-state index in [9.17, 15) is 22.8 Å². The van der Waals surface area contributed by atoms with Gasteiger partial charge >= 0.3 is 5.97 Å². The smallest absolute Gasteiger partial charge is 0.310 e. The largest absolute Gasteiger partial charge is 0.481 e. The van der Waals surface area contributed by atoms with Crippen molar-refractivity contribution in [3.63, 3.8) is 0 Å². The van der Waals surface area contributed by atoms with Crippen molar-refractivity contribution < 1.29 is 27.9 Å². The summed E-state index contributed by atoms with van der Waals surface area (Å²) in [6.45, 7) is 1.51. The second-order valence-corrected chi connectivity index (χ2v) is 7.34. The molecule has 1 amide bonds. The van der Waals surface area contributed by atoms with Crippen LogP contribution in [-0.4, -0.2) is 40.0 Å². The number of carbonyl (C=O) groups is 2. The van der Waals surface area contributed by atoms with Gasteiger partial charge in [-0.05, 0) is 47.2 Å². The number of amides is 1. The van der Waals surface area contributed by atoms with Crippen LogP contribution in [0.1, 0.15) is 15.9 Å². The summed E-state index contributed by atoms with van der Waals surface area (Å²) in [6, 6.07) is 2.33. The maximum Gasteiger partial charge on any atom is 0.310 e. The van der Waals surface area contributed by atoms with Crippen LogP contribution in [0.5, 0.6) is 0 Å². The molecular weight excluding hydrogens is 478 g/mol. The van der Waals surface area contributed by atoms with Crippen LogP contribution >= 0.6 is 22.6 Å². The highest BCUT2D eigenvalue weighted by Gasteiger charge is 2.37. The van der Waals surface area contributed by atoms with Crippen LogP contribution in [0.2, 0.25) is 0 Å². The number of rotatable bonds is 4. The Hall–Kier alpha value is -2.37. The molecule has 27 heavy (non-hydrogen) atoms. The summed E-state index contributed by atoms with van der Waals surface area (Å²) in [5.74, 6) is -7.19. The molecule has 2 N–H and O–H groups in total. The van der Waals surface area contributed by atoms with Crippen LogP contribution in [0, 0.1) is 33.9 Å². The van der Waals surface area contributed by atoms with Crippen LogP contribution < -0.4 is 5.32 Å². The first-order valence-electron chi connectivity index (χ1n) is 7.77. The van der Waals surface area contributed by atoms with Crippen LogP contribution in [0.4, 0.5) is 24.7 Å². The third-order valence-corrected chi connectivity index (χ3v) is 4.79. The molecule has 1 aromatic heterocycles. The molecule has 1 aromatic carbocycles. The minimum absolute atomic E-state index is 0.0883. The number of anilines is 2. The molecule has 0 unspecified atom stereocenters. The van der Waals surface area contributed by atoms with Gasteiger partial charge in [0.25, 0.3) is 5.91 Å².